The average Bonchev–Trinajstić information content (AvgIpc) is 2.63. The smallest absolute Gasteiger partial charge is 0.280 e. The summed E-state index contributed by atoms with van der Waals surface area (Å²) in [7, 11) is 1.28. The van der Waals surface area contributed by atoms with Crippen LogP contribution in [-0.2, 0) is 0 Å². The van der Waals surface area contributed by atoms with Crippen LogP contribution in [0.15, 0.2) is 53.3 Å². The van der Waals surface area contributed by atoms with Crippen molar-refractivity contribution in [2.75, 3.05) is 12.4 Å². The summed E-state index contributed by atoms with van der Waals surface area (Å²) in [6, 6.07) is 8.78. The Morgan fingerprint density at radius 1 is 1.07 bits per heavy atom. The molecule has 3 rings (SSSR count). The van der Waals surface area contributed by atoms with Gasteiger partial charge in [0.05, 0.1) is 24.6 Å². The Morgan fingerprint density at radius 3 is 2.48 bits per heavy atom. The monoisotopic (exact) mass is 375 g/mol. The predicted molar refractivity (Wildman–Crippen MR) is 90.7 cm³/mol. The Hall–Kier alpha value is -3.62. The molecule has 0 saturated carbocycles. The standard InChI is InChI=1S/C18H12F3N3O3/c1-27-16-9-15(25)17(23-24(16)12-4-2-3-10(19)7-12)18(26)22-14-6-5-11(20)8-13(14)21/h2-9H,1H3,(H,22,26). The highest BCUT2D eigenvalue weighted by molar-refractivity contribution is 6.02. The number of nitrogens with one attached hydrogen (secondary N) is 1. The fourth-order valence-corrected chi connectivity index (χ4v) is 2.31. The first kappa shape index (κ1) is 18.2. The predicted octanol–water partition coefficient (Wildman–Crippen LogP) is 2.91. The van der Waals surface area contributed by atoms with Crippen molar-refractivity contribution in [2.24, 2.45) is 0 Å². The highest BCUT2D eigenvalue weighted by atomic mass is 19.1. The van der Waals surface area contributed by atoms with E-state index in [9.17, 15) is 22.8 Å². The molecule has 0 radical (unpaired) electrons. The maximum absolute atomic E-state index is 13.7. The molecule has 3 aromatic rings. The maximum Gasteiger partial charge on any atom is 0.280 e. The number of halogens is 3. The van der Waals surface area contributed by atoms with Gasteiger partial charge in [0.1, 0.15) is 17.5 Å². The van der Waals surface area contributed by atoms with E-state index in [1.54, 1.807) is 0 Å². The molecule has 0 aliphatic rings. The van der Waals surface area contributed by atoms with E-state index in [4.69, 9.17) is 4.74 Å². The number of methoxy groups -OCH3 is 1. The van der Waals surface area contributed by atoms with E-state index in [-0.39, 0.29) is 17.3 Å². The second-order valence-electron chi connectivity index (χ2n) is 5.37. The normalized spacial score (nSPS) is 10.5. The Kier molecular flexibility index (Phi) is 4.93. The van der Waals surface area contributed by atoms with Crippen LogP contribution in [0.2, 0.25) is 0 Å². The minimum Gasteiger partial charge on any atom is -0.481 e. The lowest BCUT2D eigenvalue weighted by molar-refractivity contribution is 0.101. The molecule has 27 heavy (non-hydrogen) atoms. The van der Waals surface area contributed by atoms with E-state index in [1.807, 2.05) is 0 Å². The number of hydrogen-bond acceptors (Lipinski definition) is 4. The summed E-state index contributed by atoms with van der Waals surface area (Å²) >= 11 is 0. The molecule has 1 N–H and O–H groups in total. The fourth-order valence-electron chi connectivity index (χ4n) is 2.31. The topological polar surface area (TPSA) is 73.2 Å². The van der Waals surface area contributed by atoms with Crippen LogP contribution in [0.25, 0.3) is 5.69 Å². The van der Waals surface area contributed by atoms with E-state index in [1.165, 1.54) is 25.3 Å². The van der Waals surface area contributed by atoms with Crippen LogP contribution in [-0.4, -0.2) is 22.8 Å². The Bertz CT molecular complexity index is 1080. The zero-order valence-electron chi connectivity index (χ0n) is 13.9. The minimum atomic E-state index is -1.02. The van der Waals surface area contributed by atoms with Crippen LogP contribution in [0.4, 0.5) is 18.9 Å². The number of hydrogen-bond donors (Lipinski definition) is 1. The zero-order valence-corrected chi connectivity index (χ0v) is 13.9. The summed E-state index contributed by atoms with van der Waals surface area (Å²) in [5.74, 6) is -3.44. The molecule has 138 valence electrons. The minimum absolute atomic E-state index is 0.0323. The third kappa shape index (κ3) is 3.81. The van der Waals surface area contributed by atoms with Crippen molar-refractivity contribution in [1.29, 1.82) is 0 Å². The van der Waals surface area contributed by atoms with Gasteiger partial charge in [0.2, 0.25) is 11.3 Å². The molecule has 0 bridgehead atoms. The highest BCUT2D eigenvalue weighted by Gasteiger charge is 2.19. The molecule has 0 atom stereocenters. The Morgan fingerprint density at radius 2 is 1.81 bits per heavy atom. The van der Waals surface area contributed by atoms with Gasteiger partial charge in [0.25, 0.3) is 5.91 Å². The molecule has 6 nitrogen and oxygen atoms in total. The van der Waals surface area contributed by atoms with Gasteiger partial charge in [-0.05, 0) is 30.3 Å². The van der Waals surface area contributed by atoms with Crippen molar-refractivity contribution in [3.63, 3.8) is 0 Å². The molecule has 0 saturated heterocycles. The third-order valence-corrected chi connectivity index (χ3v) is 3.55. The molecular weight excluding hydrogens is 363 g/mol. The second kappa shape index (κ2) is 7.32. The lowest BCUT2D eigenvalue weighted by Gasteiger charge is -2.13. The van der Waals surface area contributed by atoms with Gasteiger partial charge in [-0.2, -0.15) is 5.10 Å². The zero-order chi connectivity index (χ0) is 19.6. The van der Waals surface area contributed by atoms with E-state index < -0.39 is 34.5 Å². The van der Waals surface area contributed by atoms with Crippen LogP contribution in [0.1, 0.15) is 10.5 Å². The molecule has 0 spiro atoms. The van der Waals surface area contributed by atoms with Crippen molar-refractivity contribution in [2.45, 2.75) is 0 Å². The maximum atomic E-state index is 13.7. The summed E-state index contributed by atoms with van der Waals surface area (Å²) in [5.41, 5.74) is -1.49. The molecular formula is C18H12F3N3O3. The van der Waals surface area contributed by atoms with Gasteiger partial charge in [-0.25, -0.2) is 17.9 Å². The molecule has 9 heteroatoms. The first-order chi connectivity index (χ1) is 12.9. The summed E-state index contributed by atoms with van der Waals surface area (Å²) in [4.78, 5) is 24.5. The summed E-state index contributed by atoms with van der Waals surface area (Å²) < 4.78 is 46.3. The molecule has 0 aliphatic heterocycles. The largest absolute Gasteiger partial charge is 0.481 e. The lowest BCUT2D eigenvalue weighted by atomic mass is 10.2. The molecule has 0 aliphatic carbocycles. The van der Waals surface area contributed by atoms with Crippen LogP contribution in [0, 0.1) is 17.5 Å². The number of nitrogens with zero attached hydrogens (tertiary/aromatic N) is 2. The first-order valence-corrected chi connectivity index (χ1v) is 7.60. The van der Waals surface area contributed by atoms with Crippen LogP contribution in [0.3, 0.4) is 0 Å². The van der Waals surface area contributed by atoms with Crippen molar-refractivity contribution in [1.82, 2.24) is 9.78 Å². The van der Waals surface area contributed by atoms with E-state index in [0.717, 1.165) is 28.9 Å². The van der Waals surface area contributed by atoms with Crippen LogP contribution < -0.4 is 15.5 Å². The number of benzene rings is 2. The van der Waals surface area contributed by atoms with Gasteiger partial charge in [0.15, 0.2) is 5.69 Å². The number of aromatic nitrogens is 2. The molecule has 1 aromatic heterocycles. The van der Waals surface area contributed by atoms with Crippen molar-refractivity contribution in [3.8, 4) is 11.6 Å². The van der Waals surface area contributed by atoms with E-state index in [0.29, 0.717) is 6.07 Å². The van der Waals surface area contributed by atoms with Gasteiger partial charge < -0.3 is 10.1 Å². The van der Waals surface area contributed by atoms with Gasteiger partial charge in [-0.3, -0.25) is 9.59 Å². The van der Waals surface area contributed by atoms with Crippen molar-refractivity contribution < 1.29 is 22.7 Å². The Balaban J connectivity index is 2.03. The summed E-state index contributed by atoms with van der Waals surface area (Å²) in [5, 5.41) is 6.05. The van der Waals surface area contributed by atoms with Gasteiger partial charge in [-0.1, -0.05) is 6.07 Å². The van der Waals surface area contributed by atoms with Crippen LogP contribution >= 0.6 is 0 Å². The van der Waals surface area contributed by atoms with Crippen molar-refractivity contribution in [3.05, 3.63) is 81.9 Å². The number of amides is 1. The average molecular weight is 375 g/mol. The summed E-state index contributed by atoms with van der Waals surface area (Å²) in [6.45, 7) is 0. The molecule has 2 aromatic carbocycles. The van der Waals surface area contributed by atoms with Crippen LogP contribution in [0.5, 0.6) is 5.88 Å². The number of anilines is 1. The quantitative estimate of drug-likeness (QED) is 0.761. The molecule has 0 unspecified atom stereocenters. The highest BCUT2D eigenvalue weighted by Crippen LogP contribution is 2.18. The summed E-state index contributed by atoms with van der Waals surface area (Å²) in [6.07, 6.45) is 0. The molecule has 1 heterocycles. The van der Waals surface area contributed by atoms with Gasteiger partial charge in [-0.15, -0.1) is 0 Å². The Labute approximate surface area is 150 Å². The third-order valence-electron chi connectivity index (χ3n) is 3.55. The lowest BCUT2D eigenvalue weighted by Crippen LogP contribution is -2.26. The van der Waals surface area contributed by atoms with E-state index in [2.05, 4.69) is 10.4 Å². The molecule has 0 fully saturated rings. The van der Waals surface area contributed by atoms with Gasteiger partial charge in [0, 0.05) is 6.07 Å². The SMILES string of the molecule is COc1cc(=O)c(C(=O)Nc2ccc(F)cc2F)nn1-c1cccc(F)c1. The van der Waals surface area contributed by atoms with Crippen molar-refractivity contribution >= 4 is 11.6 Å². The molecule has 1 amide bonds. The number of rotatable bonds is 4. The fraction of sp³-hybridized carbons (Fsp3) is 0.0556. The van der Waals surface area contributed by atoms with Gasteiger partial charge >= 0.3 is 0 Å². The first-order valence-electron chi connectivity index (χ1n) is 7.60. The number of ether oxygens (including phenoxy) is 1. The van der Waals surface area contributed by atoms with E-state index >= 15 is 0 Å². The second-order valence-corrected chi connectivity index (χ2v) is 5.37. The number of carbonyl (C=O) groups excluding carboxylic acids is 1. The number of carbonyl (C=O) groups is 1.